The molecule has 0 saturated heterocycles. The van der Waals surface area contributed by atoms with Crippen LogP contribution in [0.5, 0.6) is 5.75 Å². The van der Waals surface area contributed by atoms with Crippen LogP contribution in [0.3, 0.4) is 0 Å². The molecule has 0 saturated carbocycles. The number of pyridine rings is 1. The summed E-state index contributed by atoms with van der Waals surface area (Å²) in [5, 5.41) is 5.56. The Labute approximate surface area is 137 Å². The first-order chi connectivity index (χ1) is 11.1. The molecule has 2 rings (SSSR count). The number of carbonyl (C=O) groups is 1. The summed E-state index contributed by atoms with van der Waals surface area (Å²) in [6, 6.07) is 11.3. The van der Waals surface area contributed by atoms with Gasteiger partial charge in [0.2, 0.25) is 0 Å². The van der Waals surface area contributed by atoms with E-state index in [2.05, 4.69) is 29.5 Å². The average molecular weight is 313 g/mol. The number of aromatic nitrogens is 1. The first kappa shape index (κ1) is 16.8. The highest BCUT2D eigenvalue weighted by Gasteiger charge is 2.12. The third-order valence-corrected chi connectivity index (χ3v) is 3.35. The van der Waals surface area contributed by atoms with Crippen LogP contribution < -0.4 is 15.4 Å². The quantitative estimate of drug-likeness (QED) is 0.803. The van der Waals surface area contributed by atoms with Crippen LogP contribution in [-0.4, -0.2) is 17.2 Å². The zero-order valence-corrected chi connectivity index (χ0v) is 13.7. The SMILES string of the molecule is CC(NC(=O)NCc1cccnc1)Oc1ccccc1C(C)C. The van der Waals surface area contributed by atoms with Crippen molar-refractivity contribution in [1.82, 2.24) is 15.6 Å². The normalized spacial score (nSPS) is 11.8. The van der Waals surface area contributed by atoms with Gasteiger partial charge in [-0.25, -0.2) is 4.79 Å². The molecule has 0 fully saturated rings. The van der Waals surface area contributed by atoms with Gasteiger partial charge >= 0.3 is 6.03 Å². The number of urea groups is 1. The minimum atomic E-state index is -0.427. The molecule has 5 heteroatoms. The summed E-state index contributed by atoms with van der Waals surface area (Å²) in [5.74, 6) is 1.15. The number of benzene rings is 1. The first-order valence-electron chi connectivity index (χ1n) is 7.75. The molecule has 0 aliphatic carbocycles. The smallest absolute Gasteiger partial charge is 0.317 e. The molecule has 0 spiro atoms. The van der Waals surface area contributed by atoms with E-state index in [1.54, 1.807) is 19.3 Å². The summed E-state index contributed by atoms with van der Waals surface area (Å²) in [6.45, 7) is 6.46. The molecular formula is C18H23N3O2. The lowest BCUT2D eigenvalue weighted by Crippen LogP contribution is -2.43. The minimum Gasteiger partial charge on any atom is -0.471 e. The van der Waals surface area contributed by atoms with Crippen LogP contribution in [0.4, 0.5) is 4.79 Å². The summed E-state index contributed by atoms with van der Waals surface area (Å²) in [7, 11) is 0. The maximum Gasteiger partial charge on any atom is 0.317 e. The maximum absolute atomic E-state index is 11.9. The molecule has 0 radical (unpaired) electrons. The van der Waals surface area contributed by atoms with E-state index in [1.165, 1.54) is 0 Å². The Morgan fingerprint density at radius 3 is 2.65 bits per heavy atom. The topological polar surface area (TPSA) is 63.2 Å². The highest BCUT2D eigenvalue weighted by atomic mass is 16.5. The fraction of sp³-hybridized carbons (Fsp3) is 0.333. The Balaban J connectivity index is 1.85. The van der Waals surface area contributed by atoms with Gasteiger partial charge in [-0.3, -0.25) is 4.98 Å². The fourth-order valence-corrected chi connectivity index (χ4v) is 2.21. The molecule has 1 unspecified atom stereocenters. The Kier molecular flexibility index (Phi) is 5.97. The fourth-order valence-electron chi connectivity index (χ4n) is 2.21. The number of hydrogen-bond donors (Lipinski definition) is 2. The zero-order valence-electron chi connectivity index (χ0n) is 13.7. The molecule has 2 N–H and O–H groups in total. The van der Waals surface area contributed by atoms with Crippen LogP contribution in [0.15, 0.2) is 48.8 Å². The van der Waals surface area contributed by atoms with Crippen molar-refractivity contribution in [2.24, 2.45) is 0 Å². The summed E-state index contributed by atoms with van der Waals surface area (Å²) in [4.78, 5) is 15.9. The summed E-state index contributed by atoms with van der Waals surface area (Å²) >= 11 is 0. The molecule has 1 heterocycles. The van der Waals surface area contributed by atoms with Crippen molar-refractivity contribution in [1.29, 1.82) is 0 Å². The van der Waals surface area contributed by atoms with Gasteiger partial charge in [-0.2, -0.15) is 0 Å². The second-order valence-electron chi connectivity index (χ2n) is 5.64. The van der Waals surface area contributed by atoms with Gasteiger partial charge in [0.1, 0.15) is 5.75 Å². The number of hydrogen-bond acceptors (Lipinski definition) is 3. The molecule has 2 amide bonds. The van der Waals surface area contributed by atoms with Gasteiger partial charge in [0.25, 0.3) is 0 Å². The third-order valence-electron chi connectivity index (χ3n) is 3.35. The highest BCUT2D eigenvalue weighted by molar-refractivity contribution is 5.74. The summed E-state index contributed by atoms with van der Waals surface area (Å²) in [5.41, 5.74) is 2.07. The van der Waals surface area contributed by atoms with E-state index in [4.69, 9.17) is 4.74 Å². The third kappa shape index (κ3) is 5.29. The van der Waals surface area contributed by atoms with Gasteiger partial charge in [-0.05, 0) is 36.1 Å². The van der Waals surface area contributed by atoms with Gasteiger partial charge in [0.15, 0.2) is 6.23 Å². The number of nitrogens with zero attached hydrogens (tertiary/aromatic N) is 1. The number of rotatable bonds is 6. The van der Waals surface area contributed by atoms with E-state index >= 15 is 0 Å². The number of nitrogens with one attached hydrogen (secondary N) is 2. The molecule has 122 valence electrons. The van der Waals surface area contributed by atoms with Crippen molar-refractivity contribution in [2.75, 3.05) is 0 Å². The number of ether oxygens (including phenoxy) is 1. The van der Waals surface area contributed by atoms with Crippen molar-refractivity contribution in [3.8, 4) is 5.75 Å². The molecule has 23 heavy (non-hydrogen) atoms. The second-order valence-corrected chi connectivity index (χ2v) is 5.64. The van der Waals surface area contributed by atoms with E-state index < -0.39 is 6.23 Å². The zero-order chi connectivity index (χ0) is 16.7. The van der Waals surface area contributed by atoms with Crippen LogP contribution >= 0.6 is 0 Å². The number of amides is 2. The van der Waals surface area contributed by atoms with Gasteiger partial charge in [0, 0.05) is 18.9 Å². The Morgan fingerprint density at radius 1 is 1.17 bits per heavy atom. The monoisotopic (exact) mass is 313 g/mol. The summed E-state index contributed by atoms with van der Waals surface area (Å²) < 4.78 is 5.85. The van der Waals surface area contributed by atoms with E-state index in [9.17, 15) is 4.79 Å². The lowest BCUT2D eigenvalue weighted by Gasteiger charge is -2.20. The first-order valence-corrected chi connectivity index (χ1v) is 7.75. The number of carbonyl (C=O) groups excluding carboxylic acids is 1. The summed E-state index contributed by atoms with van der Waals surface area (Å²) in [6.07, 6.45) is 2.99. The lowest BCUT2D eigenvalue weighted by atomic mass is 10.0. The maximum atomic E-state index is 11.9. The van der Waals surface area contributed by atoms with E-state index in [0.29, 0.717) is 12.5 Å². The predicted octanol–water partition coefficient (Wildman–Crippen LogP) is 3.43. The molecular weight excluding hydrogens is 290 g/mol. The molecule has 0 aliphatic heterocycles. The Bertz CT molecular complexity index is 629. The highest BCUT2D eigenvalue weighted by Crippen LogP contribution is 2.26. The van der Waals surface area contributed by atoms with Crippen LogP contribution in [0.25, 0.3) is 0 Å². The standard InChI is InChI=1S/C18H23N3O2/c1-13(2)16-8-4-5-9-17(16)23-14(3)21-18(22)20-12-15-7-6-10-19-11-15/h4-11,13-14H,12H2,1-3H3,(H2,20,21,22). The van der Waals surface area contributed by atoms with E-state index in [1.807, 2.05) is 36.4 Å². The minimum absolute atomic E-state index is 0.275. The lowest BCUT2D eigenvalue weighted by molar-refractivity contribution is 0.175. The van der Waals surface area contributed by atoms with Gasteiger partial charge in [-0.1, -0.05) is 38.1 Å². The Hall–Kier alpha value is -2.56. The van der Waals surface area contributed by atoms with Gasteiger partial charge in [0.05, 0.1) is 0 Å². The predicted molar refractivity (Wildman–Crippen MR) is 90.2 cm³/mol. The molecule has 1 aromatic carbocycles. The van der Waals surface area contributed by atoms with Crippen LogP contribution in [0.2, 0.25) is 0 Å². The van der Waals surface area contributed by atoms with Crippen molar-refractivity contribution in [3.05, 3.63) is 59.9 Å². The van der Waals surface area contributed by atoms with Crippen LogP contribution in [0.1, 0.15) is 37.8 Å². The van der Waals surface area contributed by atoms with Gasteiger partial charge in [-0.15, -0.1) is 0 Å². The van der Waals surface area contributed by atoms with Gasteiger partial charge < -0.3 is 15.4 Å². The van der Waals surface area contributed by atoms with Crippen LogP contribution in [-0.2, 0) is 6.54 Å². The van der Waals surface area contributed by atoms with Crippen LogP contribution in [0, 0.1) is 0 Å². The largest absolute Gasteiger partial charge is 0.471 e. The van der Waals surface area contributed by atoms with Crippen molar-refractivity contribution in [2.45, 2.75) is 39.5 Å². The molecule has 1 aromatic heterocycles. The molecule has 2 aromatic rings. The molecule has 1 atom stereocenters. The second kappa shape index (κ2) is 8.17. The van der Waals surface area contributed by atoms with E-state index in [-0.39, 0.29) is 6.03 Å². The molecule has 0 bridgehead atoms. The van der Waals surface area contributed by atoms with Crippen molar-refractivity contribution < 1.29 is 9.53 Å². The molecule has 5 nitrogen and oxygen atoms in total. The van der Waals surface area contributed by atoms with Crippen molar-refractivity contribution in [3.63, 3.8) is 0 Å². The Morgan fingerprint density at radius 2 is 1.96 bits per heavy atom. The molecule has 0 aliphatic rings. The average Bonchev–Trinajstić information content (AvgIpc) is 2.54. The van der Waals surface area contributed by atoms with Crippen molar-refractivity contribution >= 4 is 6.03 Å². The van der Waals surface area contributed by atoms with E-state index in [0.717, 1.165) is 16.9 Å². The number of para-hydroxylation sites is 1.